The molecule has 1 N–H and O–H groups in total. The van der Waals surface area contributed by atoms with Crippen LogP contribution in [0.2, 0.25) is 5.02 Å². The summed E-state index contributed by atoms with van der Waals surface area (Å²) >= 11 is 19.1. The molecule has 0 aliphatic carbocycles. The Bertz CT molecular complexity index is 6780. The number of carbonyl (C=O) groups is 5. The van der Waals surface area contributed by atoms with Crippen molar-refractivity contribution in [1.29, 1.82) is 0 Å². The van der Waals surface area contributed by atoms with Gasteiger partial charge in [-0.2, -0.15) is 24.0 Å². The van der Waals surface area contributed by atoms with Gasteiger partial charge in [-0.15, -0.1) is 25.5 Å². The normalized spacial score (nSPS) is 14.4. The molecule has 0 saturated heterocycles. The summed E-state index contributed by atoms with van der Waals surface area (Å²) in [6.07, 6.45) is 5.43. The number of ketones is 4. The molecule has 0 saturated carbocycles. The number of hydrogen-bond donors (Lipinski definition) is 1. The van der Waals surface area contributed by atoms with Crippen molar-refractivity contribution in [3.8, 4) is 0 Å². The third-order valence-electron chi connectivity index (χ3n) is 26.6. The summed E-state index contributed by atoms with van der Waals surface area (Å²) in [6.45, 7) is 23.9. The van der Waals surface area contributed by atoms with Crippen molar-refractivity contribution in [3.63, 3.8) is 0 Å². The van der Waals surface area contributed by atoms with Crippen molar-refractivity contribution in [2.75, 3.05) is 95.3 Å². The van der Waals surface area contributed by atoms with Crippen LogP contribution in [-0.4, -0.2) is 196 Å². The van der Waals surface area contributed by atoms with E-state index in [1.165, 1.54) is 69.8 Å². The summed E-state index contributed by atoms with van der Waals surface area (Å²) in [5.41, 5.74) is 25.1. The molecular formula is C112H115Cl3F2N26O5. The number of carbonyl (C=O) groups excluding carboxylic acids is 5. The second-order valence-electron chi connectivity index (χ2n) is 37.5. The number of hydrogen-bond acceptors (Lipinski definition) is 25. The zero-order chi connectivity index (χ0) is 104. The fourth-order valence-corrected chi connectivity index (χ4v) is 18.7. The minimum Gasteiger partial charge on any atom is -0.334 e. The molecule has 0 spiro atoms. The Morgan fingerprint density at radius 3 is 0.899 bits per heavy atom. The average molecular weight is 2050 g/mol. The lowest BCUT2D eigenvalue weighted by atomic mass is 9.93. The summed E-state index contributed by atoms with van der Waals surface area (Å²) in [5, 5.41) is 67.1. The van der Waals surface area contributed by atoms with E-state index in [1.807, 2.05) is 185 Å². The molecule has 10 aromatic carbocycles. The number of aromatic nitrogens is 20. The molecular weight excluding hydrogens is 1930 g/mol. The van der Waals surface area contributed by atoms with Crippen LogP contribution in [-0.2, 0) is 53.9 Å². The monoisotopic (exact) mass is 2050 g/mol. The third-order valence-corrected chi connectivity index (χ3v) is 27.7. The minimum atomic E-state index is -0.835. The molecule has 1 amide bonds. The zero-order valence-electron chi connectivity index (χ0n) is 84.6. The topological polar surface area (TPSA) is 332 Å². The second-order valence-corrected chi connectivity index (χ2v) is 38.8. The fraction of sp³-hybridized carbons (Fsp3) is 0.286. The van der Waals surface area contributed by atoms with Crippen LogP contribution in [0.5, 0.6) is 0 Å². The first-order valence-corrected chi connectivity index (χ1v) is 50.1. The molecule has 0 fully saturated rings. The molecule has 0 unspecified atom stereocenters. The standard InChI is InChI=1S/C24H25F2N5O.2C23H25N5O.C22H22ClN5O.C20H18Cl2N6O/c1-15(2)31-28-24(27-29-31)30-12-11-16(3)19(14-30)18-9-7-17(8-10-18)13-22(32)23-20(25)5-4-6-21(23)26;2*1-16-6-4-5-7-20(16)22(29)14-18-8-10-19(11-9-18)21-15-28(13-12-17(21)2)23-24-26-27(3)25-23;1-15-5-3-4-6-18(15)21(29)13-16-7-9-17(10-8-16)19-14-28(12-11-20(19)23)22-24-26-27(2)25-22;1-27-25-20(24-26-27)28-11-10-18(22)16(12-28)13-6-8-14(9-7-13)23-19(29)15-4-2-3-5-17(15)21/h4-10,15H,11-14H2,1-3H3;2*4-11H,12-15H2,1-3H3;3-10H,11-14H2,1-2H3;2-9H,10-12H2,1H3,(H,23,29). The Labute approximate surface area is 872 Å². The van der Waals surface area contributed by atoms with Crippen molar-refractivity contribution in [2.45, 2.75) is 119 Å². The first-order chi connectivity index (χ1) is 71.4. The van der Waals surface area contributed by atoms with Crippen LogP contribution in [0.25, 0.3) is 27.9 Å². The van der Waals surface area contributed by atoms with Crippen molar-refractivity contribution in [3.05, 3.63) is 375 Å². The maximum Gasteiger partial charge on any atom is 0.266 e. The van der Waals surface area contributed by atoms with Crippen LogP contribution in [0.3, 0.4) is 0 Å². The van der Waals surface area contributed by atoms with Gasteiger partial charge in [0.2, 0.25) is 0 Å². The number of Topliss-reactive ketones (excluding diaryl/α,β-unsaturated/α-hetero) is 4. The van der Waals surface area contributed by atoms with E-state index in [9.17, 15) is 32.8 Å². The maximum absolute atomic E-state index is 13.9. The third kappa shape index (κ3) is 26.5. The van der Waals surface area contributed by atoms with Crippen LogP contribution in [0.4, 0.5) is 44.2 Å². The van der Waals surface area contributed by atoms with Crippen molar-refractivity contribution >= 4 is 127 Å². The lowest BCUT2D eigenvalue weighted by Gasteiger charge is -2.29. The van der Waals surface area contributed by atoms with Gasteiger partial charge in [-0.25, -0.2) is 8.78 Å². The van der Waals surface area contributed by atoms with Gasteiger partial charge in [-0.3, -0.25) is 24.0 Å². The van der Waals surface area contributed by atoms with E-state index in [0.29, 0.717) is 96.9 Å². The first kappa shape index (κ1) is 105. The lowest BCUT2D eigenvalue weighted by molar-refractivity contribution is 0.0977. The maximum atomic E-state index is 13.9. The van der Waals surface area contributed by atoms with Gasteiger partial charge in [0.05, 0.1) is 50.4 Å². The molecule has 5 aliphatic heterocycles. The van der Waals surface area contributed by atoms with Gasteiger partial charge in [-0.1, -0.05) is 277 Å². The number of halogens is 5. The van der Waals surface area contributed by atoms with Crippen LogP contribution in [0.15, 0.2) is 263 Å². The molecule has 5 aliphatic rings. The van der Waals surface area contributed by atoms with Gasteiger partial charge in [0.25, 0.3) is 35.6 Å². The van der Waals surface area contributed by atoms with Gasteiger partial charge in [0.15, 0.2) is 23.1 Å². The molecule has 10 heterocycles. The number of nitrogens with one attached hydrogen (secondary N) is 1. The van der Waals surface area contributed by atoms with Gasteiger partial charge in [0.1, 0.15) is 11.6 Å². The highest BCUT2D eigenvalue weighted by molar-refractivity contribution is 6.35. The molecule has 0 atom stereocenters. The second kappa shape index (κ2) is 48.4. The van der Waals surface area contributed by atoms with E-state index in [1.54, 1.807) is 57.3 Å². The van der Waals surface area contributed by atoms with Crippen LogP contribution in [0, 0.1) is 32.4 Å². The molecule has 0 radical (unpaired) electrons. The Morgan fingerprint density at radius 1 is 0.318 bits per heavy atom. The Hall–Kier alpha value is -15.9. The Balaban J connectivity index is 0.000000132. The summed E-state index contributed by atoms with van der Waals surface area (Å²) in [4.78, 5) is 80.7. The first-order valence-electron chi connectivity index (χ1n) is 49.0. The number of aryl methyl sites for hydroxylation is 7. The van der Waals surface area contributed by atoms with Gasteiger partial charge < -0.3 is 29.8 Å². The average Bonchev–Trinajstić information content (AvgIpc) is 1.50. The summed E-state index contributed by atoms with van der Waals surface area (Å²) < 4.78 is 27.8. The molecule has 20 rings (SSSR count). The fourth-order valence-electron chi connectivity index (χ4n) is 18.0. The Morgan fingerprint density at radius 2 is 0.595 bits per heavy atom. The summed E-state index contributed by atoms with van der Waals surface area (Å²) in [6, 6.07) is 73.6. The highest BCUT2D eigenvalue weighted by atomic mass is 35.5. The lowest BCUT2D eigenvalue weighted by Crippen LogP contribution is -2.31. The van der Waals surface area contributed by atoms with Crippen molar-refractivity contribution in [1.82, 2.24) is 101 Å². The number of nitrogens with zero attached hydrogens (tertiary/aromatic N) is 25. The number of benzene rings is 10. The predicted octanol–water partition coefficient (Wildman–Crippen LogP) is 19.7. The van der Waals surface area contributed by atoms with E-state index in [0.717, 1.165) is 172 Å². The molecule has 758 valence electrons. The number of tetrazole rings is 5. The van der Waals surface area contributed by atoms with Gasteiger partial charge >= 0.3 is 0 Å². The smallest absolute Gasteiger partial charge is 0.266 e. The minimum absolute atomic E-state index is 0.0650. The van der Waals surface area contributed by atoms with E-state index < -0.39 is 23.0 Å². The van der Waals surface area contributed by atoms with E-state index in [4.69, 9.17) is 34.8 Å². The van der Waals surface area contributed by atoms with E-state index >= 15 is 0 Å². The number of rotatable bonds is 25. The molecule has 15 aromatic rings. The van der Waals surface area contributed by atoms with Gasteiger partial charge in [-0.05, 0) is 232 Å². The van der Waals surface area contributed by atoms with Crippen molar-refractivity contribution < 1.29 is 32.8 Å². The number of amides is 1. The molecule has 148 heavy (non-hydrogen) atoms. The van der Waals surface area contributed by atoms with Crippen LogP contribution < -0.4 is 29.8 Å². The van der Waals surface area contributed by atoms with Gasteiger partial charge in [0, 0.05) is 136 Å². The van der Waals surface area contributed by atoms with Crippen LogP contribution >= 0.6 is 34.8 Å². The van der Waals surface area contributed by atoms with Crippen LogP contribution in [0.1, 0.15) is 191 Å². The molecule has 0 bridgehead atoms. The summed E-state index contributed by atoms with van der Waals surface area (Å²) in [5.74, 6) is 1.07. The molecule has 36 heteroatoms. The predicted molar refractivity (Wildman–Crippen MR) is 575 cm³/mol. The highest BCUT2D eigenvalue weighted by Gasteiger charge is 2.30. The summed E-state index contributed by atoms with van der Waals surface area (Å²) in [7, 11) is 7.04. The SMILES string of the molecule is CC1=C(c2ccc(CC(=O)c3c(F)cccc3F)cc2)CN(c2nnn(C(C)C)n2)CC1.CC1=C(c2ccc(CC(=O)c3ccccc3C)cc2)CN(c2nnn(C)n2)CC1.CC1=C(c2ccc(CC(=O)c3ccccc3C)cc2)CN(c2nnn(C)n2)CC1.Cc1ccccc1C(=O)Cc1ccc(C2=C(Cl)CCN(c3nnn(C)n3)C2)cc1.Cn1nnc(N2CCC(Cl)=C(c3ccc(NC(=O)c4ccccc4Cl)cc3)C2)n1. The van der Waals surface area contributed by atoms with Crippen molar-refractivity contribution in [2.24, 2.45) is 28.2 Å². The van der Waals surface area contributed by atoms with E-state index in [2.05, 4.69) is 171 Å². The largest absolute Gasteiger partial charge is 0.334 e. The number of anilines is 6. The highest BCUT2D eigenvalue weighted by Crippen LogP contribution is 2.37. The molecule has 5 aromatic heterocycles. The Kier molecular flexibility index (Phi) is 34.3. The zero-order valence-corrected chi connectivity index (χ0v) is 86.9. The molecule has 31 nitrogen and oxygen atoms in total. The quantitative estimate of drug-likeness (QED) is 0.0519. The van der Waals surface area contributed by atoms with E-state index in [-0.39, 0.29) is 35.7 Å².